The number of amides is 1. The van der Waals surface area contributed by atoms with Crippen molar-refractivity contribution in [1.82, 2.24) is 10.2 Å². The smallest absolute Gasteiger partial charge is 0.222 e. The Bertz CT molecular complexity index is 628. The van der Waals surface area contributed by atoms with E-state index in [0.29, 0.717) is 31.2 Å². The lowest BCUT2D eigenvalue weighted by atomic mass is 10.2. The fourth-order valence-corrected chi connectivity index (χ4v) is 3.18. The van der Waals surface area contributed by atoms with Crippen LogP contribution in [0.1, 0.15) is 19.3 Å². The van der Waals surface area contributed by atoms with E-state index in [1.54, 1.807) is 12.1 Å². The lowest BCUT2D eigenvalue weighted by molar-refractivity contribution is -0.131. The third kappa shape index (κ3) is 5.96. The molecule has 1 aromatic rings. The molecule has 0 aliphatic carbocycles. The first-order valence-electron chi connectivity index (χ1n) is 7.77. The minimum Gasteiger partial charge on any atom is -0.494 e. The molecule has 1 aliphatic rings. The maximum atomic E-state index is 12.1. The number of rotatable bonds is 7. The van der Waals surface area contributed by atoms with Gasteiger partial charge in [0.25, 0.3) is 0 Å². The second-order valence-corrected chi connectivity index (χ2v) is 7.86. The van der Waals surface area contributed by atoms with Crippen LogP contribution >= 0.6 is 12.4 Å². The zero-order valence-electron chi connectivity index (χ0n) is 14.0. The summed E-state index contributed by atoms with van der Waals surface area (Å²) in [6.07, 6.45) is 3.27. The topological polar surface area (TPSA) is 75.7 Å². The summed E-state index contributed by atoms with van der Waals surface area (Å²) in [5.74, 6) is 0.743. The number of likely N-dealkylation sites (N-methyl/N-ethyl adjacent to an activating group) is 1. The summed E-state index contributed by atoms with van der Waals surface area (Å²) >= 11 is 0. The molecule has 2 rings (SSSR count). The van der Waals surface area contributed by atoms with Crippen molar-refractivity contribution in [2.45, 2.75) is 30.2 Å². The number of sulfone groups is 1. The maximum Gasteiger partial charge on any atom is 0.222 e. The highest BCUT2D eigenvalue weighted by Gasteiger charge is 2.22. The average Bonchev–Trinajstić information content (AvgIpc) is 3.04. The number of nitrogens with zero attached hydrogens (tertiary/aromatic N) is 1. The number of carbonyl (C=O) groups excluding carboxylic acids is 1. The SMILES string of the molecule is CN(C(=O)CCCOc1ccc(S(C)(=O)=O)cc1)C1CCNC1.Cl. The standard InChI is InChI=1S/C16H24N2O4S.ClH/c1-18(13-9-10-17-12-13)16(19)4-3-11-22-14-5-7-15(8-6-14)23(2,20)21;/h5-8,13,17H,3-4,9-12H2,1-2H3;1H. The summed E-state index contributed by atoms with van der Waals surface area (Å²) < 4.78 is 28.3. The van der Waals surface area contributed by atoms with Gasteiger partial charge in [-0.15, -0.1) is 12.4 Å². The van der Waals surface area contributed by atoms with Crippen LogP contribution in [0.2, 0.25) is 0 Å². The van der Waals surface area contributed by atoms with Gasteiger partial charge in [0, 0.05) is 32.3 Å². The van der Waals surface area contributed by atoms with Gasteiger partial charge in [-0.1, -0.05) is 0 Å². The van der Waals surface area contributed by atoms with Crippen molar-refractivity contribution < 1.29 is 17.9 Å². The highest BCUT2D eigenvalue weighted by Crippen LogP contribution is 2.16. The molecule has 1 N–H and O–H groups in total. The molecule has 1 fully saturated rings. The number of hydrogen-bond donors (Lipinski definition) is 1. The van der Waals surface area contributed by atoms with Crippen molar-refractivity contribution in [2.75, 3.05) is 33.0 Å². The minimum atomic E-state index is -3.18. The molecular weight excluding hydrogens is 352 g/mol. The summed E-state index contributed by atoms with van der Waals surface area (Å²) in [6.45, 7) is 2.26. The molecule has 1 aromatic carbocycles. The van der Waals surface area contributed by atoms with Gasteiger partial charge in [0.05, 0.1) is 11.5 Å². The normalized spacial score (nSPS) is 17.2. The van der Waals surface area contributed by atoms with Crippen molar-refractivity contribution in [3.63, 3.8) is 0 Å². The molecule has 0 spiro atoms. The van der Waals surface area contributed by atoms with E-state index in [0.717, 1.165) is 19.5 Å². The monoisotopic (exact) mass is 376 g/mol. The molecule has 0 radical (unpaired) electrons. The lowest BCUT2D eigenvalue weighted by Crippen LogP contribution is -2.38. The average molecular weight is 377 g/mol. The Labute approximate surface area is 149 Å². The minimum absolute atomic E-state index is 0. The Hall–Kier alpha value is -1.31. The second kappa shape index (κ2) is 9.25. The number of ether oxygens (including phenoxy) is 1. The van der Waals surface area contributed by atoms with E-state index in [2.05, 4.69) is 5.32 Å². The highest BCUT2D eigenvalue weighted by molar-refractivity contribution is 7.90. The third-order valence-electron chi connectivity index (χ3n) is 4.03. The Balaban J connectivity index is 0.00000288. The molecule has 1 unspecified atom stereocenters. The van der Waals surface area contributed by atoms with E-state index in [-0.39, 0.29) is 23.2 Å². The van der Waals surface area contributed by atoms with Crippen LogP contribution in [0.3, 0.4) is 0 Å². The molecule has 8 heteroatoms. The molecular formula is C16H25ClN2O4S. The van der Waals surface area contributed by atoms with Crippen LogP contribution in [0, 0.1) is 0 Å². The van der Waals surface area contributed by atoms with Crippen LogP contribution in [0.5, 0.6) is 5.75 Å². The number of nitrogens with one attached hydrogen (secondary N) is 1. The van der Waals surface area contributed by atoms with Gasteiger partial charge < -0.3 is 15.0 Å². The van der Waals surface area contributed by atoms with Gasteiger partial charge >= 0.3 is 0 Å². The third-order valence-corrected chi connectivity index (χ3v) is 5.16. The molecule has 1 amide bonds. The van der Waals surface area contributed by atoms with E-state index in [1.807, 2.05) is 11.9 Å². The Kier molecular flexibility index (Phi) is 7.99. The van der Waals surface area contributed by atoms with Crippen LogP contribution in [0.25, 0.3) is 0 Å². The Morgan fingerprint density at radius 2 is 2.00 bits per heavy atom. The summed E-state index contributed by atoms with van der Waals surface area (Å²) in [6, 6.07) is 6.61. The predicted octanol–water partition coefficient (Wildman–Crippen LogP) is 1.49. The first-order chi connectivity index (χ1) is 10.9. The van der Waals surface area contributed by atoms with Crippen LogP contribution in [-0.2, 0) is 14.6 Å². The second-order valence-electron chi connectivity index (χ2n) is 5.85. The zero-order chi connectivity index (χ0) is 16.9. The van der Waals surface area contributed by atoms with Crippen molar-refractivity contribution in [1.29, 1.82) is 0 Å². The largest absolute Gasteiger partial charge is 0.494 e. The van der Waals surface area contributed by atoms with E-state index in [1.165, 1.54) is 18.4 Å². The van der Waals surface area contributed by atoms with Crippen molar-refractivity contribution >= 4 is 28.2 Å². The fraction of sp³-hybridized carbons (Fsp3) is 0.562. The van der Waals surface area contributed by atoms with Gasteiger partial charge in [-0.3, -0.25) is 4.79 Å². The molecule has 1 aliphatic heterocycles. The van der Waals surface area contributed by atoms with E-state index in [4.69, 9.17) is 4.74 Å². The van der Waals surface area contributed by atoms with E-state index >= 15 is 0 Å². The van der Waals surface area contributed by atoms with Gasteiger partial charge in [0.1, 0.15) is 5.75 Å². The van der Waals surface area contributed by atoms with Crippen LogP contribution in [0.15, 0.2) is 29.2 Å². The van der Waals surface area contributed by atoms with Gasteiger partial charge in [0.15, 0.2) is 9.84 Å². The lowest BCUT2D eigenvalue weighted by Gasteiger charge is -2.23. The molecule has 0 aromatic heterocycles. The summed E-state index contributed by atoms with van der Waals surface area (Å²) in [4.78, 5) is 14.2. The quantitative estimate of drug-likeness (QED) is 0.730. The first kappa shape index (κ1) is 20.7. The zero-order valence-corrected chi connectivity index (χ0v) is 15.7. The Morgan fingerprint density at radius 1 is 1.33 bits per heavy atom. The molecule has 1 atom stereocenters. The van der Waals surface area contributed by atoms with Gasteiger partial charge in [0.2, 0.25) is 5.91 Å². The first-order valence-corrected chi connectivity index (χ1v) is 9.66. The van der Waals surface area contributed by atoms with E-state index < -0.39 is 9.84 Å². The number of hydrogen-bond acceptors (Lipinski definition) is 5. The van der Waals surface area contributed by atoms with Crippen molar-refractivity contribution in [3.05, 3.63) is 24.3 Å². The van der Waals surface area contributed by atoms with Crippen molar-refractivity contribution in [3.8, 4) is 5.75 Å². The number of carbonyl (C=O) groups is 1. The van der Waals surface area contributed by atoms with Crippen LogP contribution < -0.4 is 10.1 Å². The van der Waals surface area contributed by atoms with Crippen LogP contribution in [-0.4, -0.2) is 58.3 Å². The molecule has 24 heavy (non-hydrogen) atoms. The number of halogens is 1. The van der Waals surface area contributed by atoms with Gasteiger partial charge in [-0.05, 0) is 43.7 Å². The Morgan fingerprint density at radius 3 is 2.54 bits per heavy atom. The van der Waals surface area contributed by atoms with Crippen molar-refractivity contribution in [2.24, 2.45) is 0 Å². The molecule has 0 saturated carbocycles. The molecule has 1 saturated heterocycles. The fourth-order valence-electron chi connectivity index (χ4n) is 2.55. The van der Waals surface area contributed by atoms with Crippen LogP contribution in [0.4, 0.5) is 0 Å². The van der Waals surface area contributed by atoms with Gasteiger partial charge in [-0.25, -0.2) is 8.42 Å². The molecule has 136 valence electrons. The molecule has 1 heterocycles. The molecule has 6 nitrogen and oxygen atoms in total. The predicted molar refractivity (Wildman–Crippen MR) is 95.6 cm³/mol. The highest BCUT2D eigenvalue weighted by atomic mass is 35.5. The summed E-state index contributed by atoms with van der Waals surface area (Å²) in [5, 5.41) is 3.25. The number of benzene rings is 1. The molecule has 0 bridgehead atoms. The summed E-state index contributed by atoms with van der Waals surface area (Å²) in [7, 11) is -1.33. The maximum absolute atomic E-state index is 12.1. The van der Waals surface area contributed by atoms with E-state index in [9.17, 15) is 13.2 Å². The van der Waals surface area contributed by atoms with Gasteiger partial charge in [-0.2, -0.15) is 0 Å². The summed E-state index contributed by atoms with van der Waals surface area (Å²) in [5.41, 5.74) is 0.